The number of halogens is 1. The Morgan fingerprint density at radius 1 is 1.60 bits per heavy atom. The molecule has 0 amide bonds. The van der Waals surface area contributed by atoms with E-state index in [1.165, 1.54) is 0 Å². The zero-order chi connectivity index (χ0) is 11.3. The quantitative estimate of drug-likeness (QED) is 0.753. The molecule has 0 saturated carbocycles. The first-order valence-corrected chi connectivity index (χ1v) is 6.19. The van der Waals surface area contributed by atoms with Gasteiger partial charge in [0.25, 0.3) is 0 Å². The fourth-order valence-electron chi connectivity index (χ4n) is 1.00. The van der Waals surface area contributed by atoms with E-state index in [2.05, 4.69) is 18.8 Å². The number of thioether (sulfide) groups is 1. The molecule has 0 aliphatic carbocycles. The molecule has 0 spiro atoms. The van der Waals surface area contributed by atoms with Crippen LogP contribution in [0.1, 0.15) is 25.8 Å². The molecule has 1 aromatic rings. The lowest BCUT2D eigenvalue weighted by atomic mass is 10.2. The molecular weight excluding hydrogens is 228 g/mol. The highest BCUT2D eigenvalue weighted by molar-refractivity contribution is 7.99. The average Bonchev–Trinajstić information content (AvgIpc) is 2.20. The Hall–Kier alpha value is -0.720. The Balaban J connectivity index is 2.66. The molecular formula is C11H13ClN2S. The van der Waals surface area contributed by atoms with Gasteiger partial charge in [-0.3, -0.25) is 0 Å². The van der Waals surface area contributed by atoms with Gasteiger partial charge in [0.1, 0.15) is 11.1 Å². The number of nitriles is 1. The van der Waals surface area contributed by atoms with Crippen LogP contribution in [0, 0.1) is 17.2 Å². The molecule has 0 atom stereocenters. The Morgan fingerprint density at radius 2 is 2.33 bits per heavy atom. The first kappa shape index (κ1) is 12.4. The summed E-state index contributed by atoms with van der Waals surface area (Å²) in [6.07, 6.45) is 2.75. The fourth-order valence-corrected chi connectivity index (χ4v) is 2.48. The van der Waals surface area contributed by atoms with E-state index in [9.17, 15) is 0 Å². The van der Waals surface area contributed by atoms with Crippen molar-refractivity contribution in [3.8, 4) is 6.07 Å². The predicted octanol–water partition coefficient (Wildman–Crippen LogP) is 3.74. The van der Waals surface area contributed by atoms with Gasteiger partial charge in [0, 0.05) is 6.20 Å². The number of aromatic nitrogens is 1. The van der Waals surface area contributed by atoms with Gasteiger partial charge in [-0.1, -0.05) is 25.4 Å². The standard InChI is InChI=1S/C11H13ClN2S/c1-8(2)4-6-15-11-10(12)9(7-13)3-5-14-11/h3,5,8H,4,6H2,1-2H3. The van der Waals surface area contributed by atoms with Crippen molar-refractivity contribution in [2.75, 3.05) is 5.75 Å². The predicted molar refractivity (Wildman–Crippen MR) is 64.1 cm³/mol. The normalized spacial score (nSPS) is 10.3. The van der Waals surface area contributed by atoms with Crippen molar-refractivity contribution in [3.05, 3.63) is 22.8 Å². The van der Waals surface area contributed by atoms with Crippen LogP contribution in [0.5, 0.6) is 0 Å². The van der Waals surface area contributed by atoms with Gasteiger partial charge in [-0.2, -0.15) is 5.26 Å². The Labute approximate surface area is 99.7 Å². The zero-order valence-corrected chi connectivity index (χ0v) is 10.4. The summed E-state index contributed by atoms with van der Waals surface area (Å²) in [5, 5.41) is 10.0. The van der Waals surface area contributed by atoms with Gasteiger partial charge in [-0.15, -0.1) is 11.8 Å². The third-order valence-electron chi connectivity index (χ3n) is 1.91. The highest BCUT2D eigenvalue weighted by atomic mass is 35.5. The summed E-state index contributed by atoms with van der Waals surface area (Å²) < 4.78 is 0. The van der Waals surface area contributed by atoms with Crippen molar-refractivity contribution in [3.63, 3.8) is 0 Å². The monoisotopic (exact) mass is 240 g/mol. The molecule has 80 valence electrons. The minimum absolute atomic E-state index is 0.480. The van der Waals surface area contributed by atoms with E-state index in [0.29, 0.717) is 16.5 Å². The molecule has 4 heteroatoms. The van der Waals surface area contributed by atoms with Gasteiger partial charge in [0.2, 0.25) is 0 Å². The van der Waals surface area contributed by atoms with Gasteiger partial charge in [0.05, 0.1) is 10.6 Å². The summed E-state index contributed by atoms with van der Waals surface area (Å²) >= 11 is 7.63. The summed E-state index contributed by atoms with van der Waals surface area (Å²) in [6.45, 7) is 4.36. The lowest BCUT2D eigenvalue weighted by molar-refractivity contribution is 0.632. The summed E-state index contributed by atoms with van der Waals surface area (Å²) in [7, 11) is 0. The molecule has 0 N–H and O–H groups in total. The molecule has 0 fully saturated rings. The fraction of sp³-hybridized carbons (Fsp3) is 0.455. The van der Waals surface area contributed by atoms with Crippen LogP contribution in [0.2, 0.25) is 5.02 Å². The molecule has 0 aromatic carbocycles. The first-order valence-electron chi connectivity index (χ1n) is 4.82. The summed E-state index contributed by atoms with van der Waals surface area (Å²) in [5.74, 6) is 1.66. The summed E-state index contributed by atoms with van der Waals surface area (Å²) in [6, 6.07) is 3.68. The van der Waals surface area contributed by atoms with Gasteiger partial charge in [0.15, 0.2) is 0 Å². The van der Waals surface area contributed by atoms with Crippen LogP contribution in [-0.4, -0.2) is 10.7 Å². The largest absolute Gasteiger partial charge is 0.248 e. The van der Waals surface area contributed by atoms with Crippen LogP contribution >= 0.6 is 23.4 Å². The van der Waals surface area contributed by atoms with Gasteiger partial charge < -0.3 is 0 Å². The van der Waals surface area contributed by atoms with Crippen LogP contribution in [0.4, 0.5) is 0 Å². The summed E-state index contributed by atoms with van der Waals surface area (Å²) in [4.78, 5) is 4.16. The van der Waals surface area contributed by atoms with Gasteiger partial charge in [-0.05, 0) is 24.2 Å². The number of hydrogen-bond acceptors (Lipinski definition) is 3. The van der Waals surface area contributed by atoms with Gasteiger partial charge in [-0.25, -0.2) is 4.98 Å². The van der Waals surface area contributed by atoms with Crippen LogP contribution in [-0.2, 0) is 0 Å². The smallest absolute Gasteiger partial charge is 0.116 e. The number of pyridine rings is 1. The number of hydrogen-bond donors (Lipinski definition) is 0. The first-order chi connectivity index (χ1) is 7.15. The highest BCUT2D eigenvalue weighted by Gasteiger charge is 2.07. The minimum Gasteiger partial charge on any atom is -0.248 e. The van der Waals surface area contributed by atoms with Crippen molar-refractivity contribution in [2.24, 2.45) is 5.92 Å². The third kappa shape index (κ3) is 3.73. The van der Waals surface area contributed by atoms with E-state index in [4.69, 9.17) is 16.9 Å². The Bertz CT molecular complexity index is 371. The number of nitrogens with zero attached hydrogens (tertiary/aromatic N) is 2. The SMILES string of the molecule is CC(C)CCSc1nccc(C#N)c1Cl. The maximum atomic E-state index is 8.79. The number of rotatable bonds is 4. The molecule has 0 bridgehead atoms. The molecule has 1 heterocycles. The van der Waals surface area contributed by atoms with E-state index in [1.54, 1.807) is 24.0 Å². The topological polar surface area (TPSA) is 36.7 Å². The summed E-state index contributed by atoms with van der Waals surface area (Å²) in [5.41, 5.74) is 0.499. The second-order valence-corrected chi connectivity index (χ2v) is 5.08. The van der Waals surface area contributed by atoms with Crippen LogP contribution in [0.3, 0.4) is 0 Å². The lowest BCUT2D eigenvalue weighted by Crippen LogP contribution is -1.91. The second-order valence-electron chi connectivity index (χ2n) is 3.62. The van der Waals surface area contributed by atoms with Crippen LogP contribution < -0.4 is 0 Å². The molecule has 0 aliphatic rings. The molecule has 15 heavy (non-hydrogen) atoms. The molecule has 0 saturated heterocycles. The highest BCUT2D eigenvalue weighted by Crippen LogP contribution is 2.28. The lowest BCUT2D eigenvalue weighted by Gasteiger charge is -2.05. The van der Waals surface area contributed by atoms with E-state index < -0.39 is 0 Å². The van der Waals surface area contributed by atoms with Crippen molar-refractivity contribution in [2.45, 2.75) is 25.3 Å². The van der Waals surface area contributed by atoms with Gasteiger partial charge >= 0.3 is 0 Å². The molecule has 0 aliphatic heterocycles. The van der Waals surface area contributed by atoms with Crippen molar-refractivity contribution < 1.29 is 0 Å². The average molecular weight is 241 g/mol. The minimum atomic E-state index is 0.480. The van der Waals surface area contributed by atoms with E-state index >= 15 is 0 Å². The zero-order valence-electron chi connectivity index (χ0n) is 8.83. The molecule has 1 aromatic heterocycles. The Morgan fingerprint density at radius 3 is 2.93 bits per heavy atom. The van der Waals surface area contributed by atoms with E-state index in [0.717, 1.165) is 17.2 Å². The molecule has 1 rings (SSSR count). The van der Waals surface area contributed by atoms with Crippen molar-refractivity contribution >= 4 is 23.4 Å². The van der Waals surface area contributed by atoms with Crippen LogP contribution in [0.25, 0.3) is 0 Å². The molecule has 0 unspecified atom stereocenters. The van der Waals surface area contributed by atoms with E-state index in [-0.39, 0.29) is 0 Å². The second kappa shape index (κ2) is 5.99. The maximum absolute atomic E-state index is 8.79. The van der Waals surface area contributed by atoms with Crippen molar-refractivity contribution in [1.82, 2.24) is 4.98 Å². The maximum Gasteiger partial charge on any atom is 0.116 e. The van der Waals surface area contributed by atoms with E-state index in [1.807, 2.05) is 6.07 Å². The third-order valence-corrected chi connectivity index (χ3v) is 3.43. The van der Waals surface area contributed by atoms with Crippen LogP contribution in [0.15, 0.2) is 17.3 Å². The molecule has 0 radical (unpaired) electrons. The van der Waals surface area contributed by atoms with Crippen molar-refractivity contribution in [1.29, 1.82) is 5.26 Å². The Kier molecular flexibility index (Phi) is 4.93. The molecule has 2 nitrogen and oxygen atoms in total.